The molecule has 0 aliphatic rings. The number of para-hydroxylation sites is 1. The predicted molar refractivity (Wildman–Crippen MR) is 97.1 cm³/mol. The van der Waals surface area contributed by atoms with Gasteiger partial charge in [0, 0.05) is 0 Å². The number of unbranched alkanes of at least 4 members (excludes halogenated alkanes) is 1. The van der Waals surface area contributed by atoms with E-state index in [0.717, 1.165) is 56.0 Å². The molecule has 0 N–H and O–H groups in total. The summed E-state index contributed by atoms with van der Waals surface area (Å²) in [5.41, 5.74) is 1.89. The Morgan fingerprint density at radius 1 is 1.00 bits per heavy atom. The van der Waals surface area contributed by atoms with E-state index in [4.69, 9.17) is 4.98 Å². The molecule has 0 unspecified atom stereocenters. The molecular formula is C19H28FGeN. The number of hydrogen-bond donors (Lipinski definition) is 0. The van der Waals surface area contributed by atoms with Crippen molar-refractivity contribution in [3.05, 3.63) is 35.6 Å². The average molecular weight is 362 g/mol. The molecule has 0 saturated heterocycles. The molecule has 0 spiro atoms. The van der Waals surface area contributed by atoms with Crippen LogP contribution in [0.15, 0.2) is 24.3 Å². The Labute approximate surface area is 136 Å². The molecule has 0 radical (unpaired) electrons. The fourth-order valence-electron chi connectivity index (χ4n) is 3.46. The molecule has 22 heavy (non-hydrogen) atoms. The zero-order valence-corrected chi connectivity index (χ0v) is 16.5. The third-order valence-electron chi connectivity index (χ3n) is 5.25. The van der Waals surface area contributed by atoms with E-state index in [0.29, 0.717) is 0 Å². The summed E-state index contributed by atoms with van der Waals surface area (Å²) < 4.78 is 16.2. The van der Waals surface area contributed by atoms with Crippen molar-refractivity contribution in [2.75, 3.05) is 0 Å². The molecule has 0 saturated carbocycles. The van der Waals surface area contributed by atoms with Crippen LogP contribution in [0, 0.1) is 5.82 Å². The molecule has 1 nitrogen and oxygen atoms in total. The van der Waals surface area contributed by atoms with E-state index in [2.05, 4.69) is 27.7 Å². The fraction of sp³-hybridized carbons (Fsp3) is 0.526. The SMILES string of the molecule is CCCCc1c(F)[c]([Ge]([CH2]C)([CH2]C)[CH2]C)nc2ccccc12. The van der Waals surface area contributed by atoms with Gasteiger partial charge in [0.05, 0.1) is 0 Å². The summed E-state index contributed by atoms with van der Waals surface area (Å²) in [6.07, 6.45) is 2.95. The zero-order valence-electron chi connectivity index (χ0n) is 14.4. The van der Waals surface area contributed by atoms with Gasteiger partial charge in [-0.25, -0.2) is 0 Å². The maximum absolute atomic E-state index is 15.4. The number of aromatic nitrogens is 1. The molecule has 0 bridgehead atoms. The van der Waals surface area contributed by atoms with Crippen LogP contribution < -0.4 is 4.53 Å². The molecule has 1 aromatic carbocycles. The van der Waals surface area contributed by atoms with Gasteiger partial charge in [0.1, 0.15) is 0 Å². The third-order valence-corrected chi connectivity index (χ3v) is 16.6. The van der Waals surface area contributed by atoms with Crippen LogP contribution in [0.4, 0.5) is 4.39 Å². The summed E-state index contributed by atoms with van der Waals surface area (Å²) in [5.74, 6) is 0.0256. The van der Waals surface area contributed by atoms with Gasteiger partial charge < -0.3 is 0 Å². The van der Waals surface area contributed by atoms with Gasteiger partial charge in [-0.15, -0.1) is 0 Å². The monoisotopic (exact) mass is 363 g/mol. The summed E-state index contributed by atoms with van der Waals surface area (Å²) in [6.45, 7) is 8.85. The van der Waals surface area contributed by atoms with Crippen molar-refractivity contribution in [1.29, 1.82) is 0 Å². The van der Waals surface area contributed by atoms with Crippen molar-refractivity contribution in [2.24, 2.45) is 0 Å². The van der Waals surface area contributed by atoms with Crippen molar-refractivity contribution in [3.8, 4) is 0 Å². The number of benzene rings is 1. The van der Waals surface area contributed by atoms with Crippen LogP contribution in [-0.2, 0) is 6.42 Å². The summed E-state index contributed by atoms with van der Waals surface area (Å²) in [6, 6.07) is 8.08. The van der Waals surface area contributed by atoms with E-state index in [1.165, 1.54) is 0 Å². The Kier molecular flexibility index (Phi) is 6.02. The van der Waals surface area contributed by atoms with Gasteiger partial charge in [-0.2, -0.15) is 0 Å². The number of fused-ring (bicyclic) bond motifs is 1. The van der Waals surface area contributed by atoms with Crippen molar-refractivity contribution in [2.45, 2.75) is 62.7 Å². The van der Waals surface area contributed by atoms with E-state index in [9.17, 15) is 0 Å². The van der Waals surface area contributed by atoms with Gasteiger partial charge in [-0.3, -0.25) is 0 Å². The molecule has 1 aromatic heterocycles. The van der Waals surface area contributed by atoms with Gasteiger partial charge in [-0.05, 0) is 0 Å². The molecule has 120 valence electrons. The van der Waals surface area contributed by atoms with Crippen molar-refractivity contribution in [1.82, 2.24) is 4.98 Å². The van der Waals surface area contributed by atoms with Gasteiger partial charge in [-0.1, -0.05) is 0 Å². The van der Waals surface area contributed by atoms with E-state index < -0.39 is 13.3 Å². The molecule has 2 rings (SSSR count). The van der Waals surface area contributed by atoms with Crippen LogP contribution >= 0.6 is 0 Å². The first kappa shape index (κ1) is 17.5. The molecule has 0 atom stereocenters. The Hall–Kier alpha value is -0.897. The molecule has 0 fully saturated rings. The Morgan fingerprint density at radius 2 is 1.64 bits per heavy atom. The maximum atomic E-state index is 15.4. The van der Waals surface area contributed by atoms with E-state index >= 15 is 4.39 Å². The van der Waals surface area contributed by atoms with Crippen LogP contribution in [0.25, 0.3) is 10.9 Å². The summed E-state index contributed by atoms with van der Waals surface area (Å²) in [5, 5.41) is 4.35. The quantitative estimate of drug-likeness (QED) is 0.599. The van der Waals surface area contributed by atoms with Gasteiger partial charge in [0.25, 0.3) is 0 Å². The zero-order chi connectivity index (χ0) is 16.2. The van der Waals surface area contributed by atoms with Crippen LogP contribution in [0.5, 0.6) is 0 Å². The first-order chi connectivity index (χ1) is 10.6. The van der Waals surface area contributed by atoms with Crippen molar-refractivity contribution < 1.29 is 4.39 Å². The Bertz CT molecular complexity index is 626. The second kappa shape index (κ2) is 7.58. The average Bonchev–Trinajstić information content (AvgIpc) is 2.56. The molecule has 1 heterocycles. The number of rotatable bonds is 7. The van der Waals surface area contributed by atoms with Crippen LogP contribution in [0.1, 0.15) is 46.1 Å². The second-order valence-corrected chi connectivity index (χ2v) is 17.0. The van der Waals surface area contributed by atoms with Crippen LogP contribution in [0.3, 0.4) is 0 Å². The molecule has 0 aliphatic heterocycles. The first-order valence-corrected chi connectivity index (χ1v) is 14.2. The number of nitrogens with zero attached hydrogens (tertiary/aromatic N) is 1. The second-order valence-electron chi connectivity index (χ2n) is 6.21. The number of hydrogen-bond acceptors (Lipinski definition) is 1. The summed E-state index contributed by atoms with van der Waals surface area (Å²) in [4.78, 5) is 4.84. The number of pyridine rings is 1. The van der Waals surface area contributed by atoms with Crippen LogP contribution in [-0.4, -0.2) is 18.3 Å². The van der Waals surface area contributed by atoms with Crippen molar-refractivity contribution >= 4 is 28.7 Å². The minimum atomic E-state index is -2.40. The third kappa shape index (κ3) is 3.08. The number of aryl methyl sites for hydroxylation is 1. The standard InChI is InChI=1S/C19H28FGeN/c1-5-9-12-16-15-13-10-11-14-17(15)22-19(18(16)20)21(6-2,7-3)8-4/h10-11,13-14H,5-9,12H2,1-4H3. The molecule has 0 amide bonds. The normalized spacial score (nSPS) is 12.0. The fourth-order valence-corrected chi connectivity index (χ4v) is 10.8. The van der Waals surface area contributed by atoms with Crippen LogP contribution in [0.2, 0.25) is 15.8 Å². The topological polar surface area (TPSA) is 12.9 Å². The van der Waals surface area contributed by atoms with E-state index in [1.54, 1.807) is 0 Å². The Morgan fingerprint density at radius 3 is 2.23 bits per heavy atom. The summed E-state index contributed by atoms with van der Waals surface area (Å²) in [7, 11) is 0. The first-order valence-electron chi connectivity index (χ1n) is 8.71. The van der Waals surface area contributed by atoms with Gasteiger partial charge in [0.15, 0.2) is 0 Å². The number of halogens is 1. The molecular weight excluding hydrogens is 334 g/mol. The molecule has 0 aliphatic carbocycles. The molecule has 2 aromatic rings. The predicted octanol–water partition coefficient (Wildman–Crippen LogP) is 5.43. The van der Waals surface area contributed by atoms with Crippen molar-refractivity contribution in [3.63, 3.8) is 0 Å². The van der Waals surface area contributed by atoms with E-state index in [1.807, 2.05) is 24.3 Å². The van der Waals surface area contributed by atoms with E-state index in [-0.39, 0.29) is 5.82 Å². The van der Waals surface area contributed by atoms with Gasteiger partial charge in [0.2, 0.25) is 0 Å². The molecule has 3 heteroatoms. The van der Waals surface area contributed by atoms with Gasteiger partial charge >= 0.3 is 136 Å². The minimum absolute atomic E-state index is 0.0256. The Balaban J connectivity index is 2.72. The summed E-state index contributed by atoms with van der Waals surface area (Å²) >= 11 is -2.40.